The van der Waals surface area contributed by atoms with Gasteiger partial charge in [-0.1, -0.05) is 26.3 Å². The van der Waals surface area contributed by atoms with E-state index in [2.05, 4.69) is 11.3 Å². The second kappa shape index (κ2) is 9.70. The van der Waals surface area contributed by atoms with Gasteiger partial charge in [0.05, 0.1) is 18.8 Å². The quantitative estimate of drug-likeness (QED) is 0.200. The van der Waals surface area contributed by atoms with E-state index < -0.39 is 74.1 Å². The van der Waals surface area contributed by atoms with Gasteiger partial charge in [-0.05, 0) is 12.8 Å². The largest absolute Gasteiger partial charge is 0.462 e. The van der Waals surface area contributed by atoms with E-state index in [-0.39, 0.29) is 6.42 Å². The lowest BCUT2D eigenvalue weighted by molar-refractivity contribution is -0.368. The molecule has 0 aromatic heterocycles. The van der Waals surface area contributed by atoms with E-state index in [1.165, 1.54) is 0 Å². The first-order valence-electron chi connectivity index (χ1n) is 8.15. The van der Waals surface area contributed by atoms with Crippen molar-refractivity contribution in [2.75, 3.05) is 13.2 Å². The molecule has 0 aromatic carbocycles. The van der Waals surface area contributed by atoms with Crippen LogP contribution in [0.3, 0.4) is 0 Å². The first kappa shape index (κ1) is 25.6. The Bertz CT molecular complexity index is 506. The van der Waals surface area contributed by atoms with Gasteiger partial charge in [0, 0.05) is 12.8 Å². The number of hydrogen-bond acceptors (Lipinski definition) is 3. The number of aliphatic hydroxyl groups excluding tert-OH is 1. The Labute approximate surface area is 151 Å². The molecule has 0 amide bonds. The Hall–Kier alpha value is -1.39. The van der Waals surface area contributed by atoms with Crippen LogP contribution in [0.25, 0.3) is 0 Å². The number of unbranched alkanes of at least 4 members (excludes halogenated alkanes) is 2. The molecule has 0 atom stereocenters. The van der Waals surface area contributed by atoms with Gasteiger partial charge >= 0.3 is 29.7 Å². The number of hydrogen-bond donors (Lipinski definition) is 1. The van der Waals surface area contributed by atoms with Crippen LogP contribution < -0.4 is 0 Å². The molecule has 0 spiro atoms. The summed E-state index contributed by atoms with van der Waals surface area (Å²) in [6.45, 7) is 2.94. The maximum absolute atomic E-state index is 13.6. The van der Waals surface area contributed by atoms with E-state index in [1.807, 2.05) is 0 Å². The van der Waals surface area contributed by atoms with Gasteiger partial charge in [-0.3, -0.25) is 0 Å². The van der Waals surface area contributed by atoms with E-state index in [9.17, 15) is 39.9 Å². The van der Waals surface area contributed by atoms with Gasteiger partial charge < -0.3 is 9.84 Å². The first-order chi connectivity index (χ1) is 12.2. The van der Waals surface area contributed by atoms with Gasteiger partial charge in [-0.25, -0.2) is 4.79 Å². The third kappa shape index (κ3) is 6.05. The Morgan fingerprint density at radius 3 is 1.74 bits per heavy atom. The summed E-state index contributed by atoms with van der Waals surface area (Å²) in [5.41, 5.74) is -0.439. The number of ether oxygens (including phenoxy) is 1. The van der Waals surface area contributed by atoms with Gasteiger partial charge in [-0.15, -0.1) is 0 Å². The highest BCUT2D eigenvalue weighted by Crippen LogP contribution is 2.55. The van der Waals surface area contributed by atoms with Crippen LogP contribution in [-0.4, -0.2) is 48.0 Å². The highest BCUT2D eigenvalue weighted by atomic mass is 19.4. The average molecular weight is 414 g/mol. The summed E-state index contributed by atoms with van der Waals surface area (Å²) in [7, 11) is 0. The summed E-state index contributed by atoms with van der Waals surface area (Å²) in [6.07, 6.45) is -4.69. The second-order valence-corrected chi connectivity index (χ2v) is 6.02. The summed E-state index contributed by atoms with van der Waals surface area (Å²) in [5, 5.41) is 8.57. The zero-order valence-electron chi connectivity index (χ0n) is 14.7. The number of halogens is 8. The van der Waals surface area contributed by atoms with Crippen molar-refractivity contribution < 1.29 is 49.8 Å². The molecule has 0 aliphatic rings. The number of alkyl halides is 8. The number of carbonyl (C=O) groups is 1. The van der Waals surface area contributed by atoms with Gasteiger partial charge in [0.25, 0.3) is 0 Å². The lowest BCUT2D eigenvalue weighted by atomic mass is 9.93. The zero-order valence-corrected chi connectivity index (χ0v) is 14.7. The summed E-state index contributed by atoms with van der Waals surface area (Å²) < 4.78 is 113. The Kier molecular flexibility index (Phi) is 9.20. The van der Waals surface area contributed by atoms with Gasteiger partial charge in [0.15, 0.2) is 0 Å². The van der Waals surface area contributed by atoms with Crippen molar-refractivity contribution in [2.24, 2.45) is 0 Å². The average Bonchev–Trinajstić information content (AvgIpc) is 2.57. The minimum absolute atomic E-state index is 0.0537. The van der Waals surface area contributed by atoms with Crippen molar-refractivity contribution in [3.05, 3.63) is 12.2 Å². The third-order valence-corrected chi connectivity index (χ3v) is 3.76. The van der Waals surface area contributed by atoms with E-state index in [4.69, 9.17) is 5.11 Å². The number of carbonyl (C=O) groups excluding carboxylic acids is 1. The standard InChI is InChI=1S/C16H22F8O3/c1-3-4-5-7-13(17,18)15(21,22)16(23,24)14(19,20)8-6-9-27-12(26)11(2)10-25/h25H,2-10H2,1H3. The molecule has 0 rings (SSSR count). The molecule has 11 heteroatoms. The predicted molar refractivity (Wildman–Crippen MR) is 80.3 cm³/mol. The topological polar surface area (TPSA) is 46.5 Å². The van der Waals surface area contributed by atoms with E-state index in [1.54, 1.807) is 6.92 Å². The van der Waals surface area contributed by atoms with Crippen LogP contribution in [0.2, 0.25) is 0 Å². The summed E-state index contributed by atoms with van der Waals surface area (Å²) in [6, 6.07) is 0. The maximum atomic E-state index is 13.6. The summed E-state index contributed by atoms with van der Waals surface area (Å²) in [5.74, 6) is -24.6. The molecule has 0 saturated carbocycles. The Balaban J connectivity index is 5.01. The fourth-order valence-electron chi connectivity index (χ4n) is 2.00. The molecule has 0 bridgehead atoms. The molecule has 0 fully saturated rings. The number of rotatable bonds is 13. The highest BCUT2D eigenvalue weighted by Gasteiger charge is 2.79. The van der Waals surface area contributed by atoms with Crippen molar-refractivity contribution in [2.45, 2.75) is 69.1 Å². The number of aliphatic hydroxyl groups is 1. The molecule has 0 unspecified atom stereocenters. The molecule has 0 radical (unpaired) electrons. The van der Waals surface area contributed by atoms with Crippen LogP contribution in [-0.2, 0) is 9.53 Å². The molecule has 0 aliphatic heterocycles. The molecule has 27 heavy (non-hydrogen) atoms. The molecular formula is C16H22F8O3. The van der Waals surface area contributed by atoms with Crippen molar-refractivity contribution in [3.63, 3.8) is 0 Å². The van der Waals surface area contributed by atoms with Crippen LogP contribution >= 0.6 is 0 Å². The predicted octanol–water partition coefficient (Wildman–Crippen LogP) is 4.98. The normalized spacial score (nSPS) is 13.6. The smallest absolute Gasteiger partial charge is 0.378 e. The Morgan fingerprint density at radius 1 is 0.889 bits per heavy atom. The van der Waals surface area contributed by atoms with E-state index in [0.29, 0.717) is 6.42 Å². The molecule has 0 heterocycles. The maximum Gasteiger partial charge on any atom is 0.378 e. The van der Waals surface area contributed by atoms with Gasteiger partial charge in [0.2, 0.25) is 0 Å². The van der Waals surface area contributed by atoms with E-state index in [0.717, 1.165) is 0 Å². The number of esters is 1. The van der Waals surface area contributed by atoms with Crippen LogP contribution in [0, 0.1) is 0 Å². The highest BCUT2D eigenvalue weighted by molar-refractivity contribution is 5.87. The minimum atomic E-state index is -6.31. The molecule has 160 valence electrons. The zero-order chi connectivity index (χ0) is 21.5. The lowest BCUT2D eigenvalue weighted by Crippen LogP contribution is -2.62. The second-order valence-electron chi connectivity index (χ2n) is 6.02. The first-order valence-corrected chi connectivity index (χ1v) is 8.15. The van der Waals surface area contributed by atoms with Crippen molar-refractivity contribution in [1.82, 2.24) is 0 Å². The molecular weight excluding hydrogens is 392 g/mol. The molecule has 1 N–H and O–H groups in total. The van der Waals surface area contributed by atoms with Crippen LogP contribution in [0.15, 0.2) is 12.2 Å². The SMILES string of the molecule is C=C(CO)C(=O)OCCCC(F)(F)C(F)(F)C(F)(F)C(F)(F)CCCCC. The van der Waals surface area contributed by atoms with Crippen molar-refractivity contribution >= 4 is 5.97 Å². The fraction of sp³-hybridized carbons (Fsp3) is 0.812. The van der Waals surface area contributed by atoms with Crippen LogP contribution in [0.4, 0.5) is 35.1 Å². The van der Waals surface area contributed by atoms with Crippen molar-refractivity contribution in [3.8, 4) is 0 Å². The fourth-order valence-corrected chi connectivity index (χ4v) is 2.00. The third-order valence-electron chi connectivity index (χ3n) is 3.76. The molecule has 0 aliphatic carbocycles. The van der Waals surface area contributed by atoms with Crippen LogP contribution in [0.1, 0.15) is 45.4 Å². The van der Waals surface area contributed by atoms with Gasteiger partial charge in [0.1, 0.15) is 0 Å². The molecule has 0 aromatic rings. The van der Waals surface area contributed by atoms with Crippen LogP contribution in [0.5, 0.6) is 0 Å². The van der Waals surface area contributed by atoms with E-state index >= 15 is 0 Å². The Morgan fingerprint density at radius 2 is 1.33 bits per heavy atom. The molecule has 0 saturated heterocycles. The molecule has 3 nitrogen and oxygen atoms in total. The summed E-state index contributed by atoms with van der Waals surface area (Å²) in [4.78, 5) is 11.1. The lowest BCUT2D eigenvalue weighted by Gasteiger charge is -2.37. The van der Waals surface area contributed by atoms with Crippen molar-refractivity contribution in [1.29, 1.82) is 0 Å². The van der Waals surface area contributed by atoms with Gasteiger partial charge in [-0.2, -0.15) is 35.1 Å². The minimum Gasteiger partial charge on any atom is -0.462 e. The summed E-state index contributed by atoms with van der Waals surface area (Å²) >= 11 is 0. The monoisotopic (exact) mass is 414 g/mol.